The average molecular weight is 537 g/mol. The van der Waals surface area contributed by atoms with Crippen LogP contribution in [0.15, 0.2) is 65.1 Å². The van der Waals surface area contributed by atoms with E-state index >= 15 is 0 Å². The van der Waals surface area contributed by atoms with Crippen molar-refractivity contribution in [1.82, 2.24) is 5.32 Å². The molecule has 0 radical (unpaired) electrons. The van der Waals surface area contributed by atoms with Gasteiger partial charge in [0.1, 0.15) is 19.8 Å². The van der Waals surface area contributed by atoms with Crippen LogP contribution in [0.3, 0.4) is 0 Å². The third-order valence-corrected chi connectivity index (χ3v) is 5.72. The molecule has 8 heteroatoms. The lowest BCUT2D eigenvalue weighted by molar-refractivity contribution is 0.171. The lowest BCUT2D eigenvalue weighted by Crippen LogP contribution is -2.21. The molecule has 3 aromatic rings. The maximum atomic E-state index is 10.3. The molecule has 1 aliphatic heterocycles. The Kier molecular flexibility index (Phi) is 9.26. The van der Waals surface area contributed by atoms with Crippen molar-refractivity contribution in [2.75, 3.05) is 26.9 Å². The molecule has 0 fully saturated rings. The zero-order chi connectivity index (χ0) is 22.3. The van der Waals surface area contributed by atoms with Crippen molar-refractivity contribution in [2.24, 2.45) is 0 Å². The minimum Gasteiger partial charge on any atom is -0.493 e. The van der Waals surface area contributed by atoms with Crippen LogP contribution in [-0.4, -0.2) is 32.0 Å². The molecule has 0 saturated carbocycles. The molecule has 1 heterocycles. The number of hydrogen-bond acceptors (Lipinski definition) is 6. The van der Waals surface area contributed by atoms with Crippen LogP contribution in [0.4, 0.5) is 0 Å². The van der Waals surface area contributed by atoms with Gasteiger partial charge in [0.15, 0.2) is 23.0 Å². The van der Waals surface area contributed by atoms with Crippen molar-refractivity contribution in [1.29, 1.82) is 0 Å². The summed E-state index contributed by atoms with van der Waals surface area (Å²) in [6.07, 6.45) is -0.560. The van der Waals surface area contributed by atoms with Crippen molar-refractivity contribution in [3.05, 3.63) is 81.8 Å². The second kappa shape index (κ2) is 12.1. The maximum absolute atomic E-state index is 10.3. The highest BCUT2D eigenvalue weighted by Gasteiger charge is 2.15. The number of aliphatic hydroxyl groups is 1. The van der Waals surface area contributed by atoms with E-state index < -0.39 is 6.10 Å². The van der Waals surface area contributed by atoms with Crippen LogP contribution in [0.5, 0.6) is 23.0 Å². The molecule has 2 N–H and O–H groups in total. The Bertz CT molecular complexity index is 1050. The van der Waals surface area contributed by atoms with Crippen LogP contribution < -0.4 is 24.3 Å². The van der Waals surface area contributed by atoms with E-state index in [-0.39, 0.29) is 12.4 Å². The minimum absolute atomic E-state index is 0. The molecular weight excluding hydrogens is 510 g/mol. The molecule has 0 aliphatic carbocycles. The summed E-state index contributed by atoms with van der Waals surface area (Å²) in [6.45, 7) is 2.52. The standard InChI is InChI=1S/C25H26BrNO5.ClH/c1-29-24-13-18(14-27-15-21(28)19-5-3-2-4-6-19)11-20(26)25(24)32-16-17-7-8-22-23(12-17)31-10-9-30-22;/h2-8,11-13,21,27-28H,9-10,14-16H2,1H3;1H. The molecule has 176 valence electrons. The summed E-state index contributed by atoms with van der Waals surface area (Å²) < 4.78 is 23.6. The molecule has 0 aromatic heterocycles. The summed E-state index contributed by atoms with van der Waals surface area (Å²) in [4.78, 5) is 0. The normalized spacial score (nSPS) is 13.1. The Balaban J connectivity index is 0.00000306. The number of halogens is 2. The summed E-state index contributed by atoms with van der Waals surface area (Å²) in [7, 11) is 1.62. The largest absolute Gasteiger partial charge is 0.493 e. The van der Waals surface area contributed by atoms with Gasteiger partial charge in [0, 0.05) is 13.1 Å². The Labute approximate surface area is 208 Å². The van der Waals surface area contributed by atoms with Gasteiger partial charge in [0.2, 0.25) is 0 Å². The third-order valence-electron chi connectivity index (χ3n) is 5.13. The quantitative estimate of drug-likeness (QED) is 0.399. The zero-order valence-corrected chi connectivity index (χ0v) is 20.7. The number of methoxy groups -OCH3 is 1. The minimum atomic E-state index is -0.560. The van der Waals surface area contributed by atoms with Crippen molar-refractivity contribution in [3.63, 3.8) is 0 Å². The number of aliphatic hydroxyl groups excluding tert-OH is 1. The Morgan fingerprint density at radius 2 is 1.76 bits per heavy atom. The molecule has 33 heavy (non-hydrogen) atoms. The van der Waals surface area contributed by atoms with Gasteiger partial charge in [-0.3, -0.25) is 0 Å². The predicted octanol–water partition coefficient (Wildman–Crippen LogP) is 5.05. The van der Waals surface area contributed by atoms with E-state index in [1.54, 1.807) is 7.11 Å². The first-order chi connectivity index (χ1) is 15.6. The summed E-state index contributed by atoms with van der Waals surface area (Å²) in [5.41, 5.74) is 2.88. The van der Waals surface area contributed by atoms with E-state index in [2.05, 4.69) is 21.2 Å². The molecule has 3 aromatic carbocycles. The number of fused-ring (bicyclic) bond motifs is 1. The first-order valence-corrected chi connectivity index (χ1v) is 11.2. The van der Waals surface area contributed by atoms with E-state index in [4.69, 9.17) is 18.9 Å². The summed E-state index contributed by atoms with van der Waals surface area (Å²) in [5.74, 6) is 2.77. The van der Waals surface area contributed by atoms with Gasteiger partial charge in [-0.05, 0) is 56.9 Å². The molecular formula is C25H27BrClNO5. The van der Waals surface area contributed by atoms with E-state index in [1.807, 2.05) is 60.7 Å². The van der Waals surface area contributed by atoms with Crippen molar-refractivity contribution in [3.8, 4) is 23.0 Å². The van der Waals surface area contributed by atoms with Crippen molar-refractivity contribution >= 4 is 28.3 Å². The molecule has 0 saturated heterocycles. The average Bonchev–Trinajstić information content (AvgIpc) is 2.83. The van der Waals surface area contributed by atoms with E-state index in [0.29, 0.717) is 44.4 Å². The molecule has 4 rings (SSSR count). The molecule has 1 atom stereocenters. The van der Waals surface area contributed by atoms with Gasteiger partial charge in [-0.25, -0.2) is 0 Å². The molecule has 0 amide bonds. The van der Waals surface area contributed by atoms with Crippen LogP contribution in [-0.2, 0) is 13.2 Å². The topological polar surface area (TPSA) is 69.2 Å². The summed E-state index contributed by atoms with van der Waals surface area (Å²) in [6, 6.07) is 19.3. The SMILES string of the molecule is COc1cc(CNCC(O)c2ccccc2)cc(Br)c1OCc1ccc2c(c1)OCCO2.Cl. The molecule has 1 aliphatic rings. The molecule has 6 nitrogen and oxygen atoms in total. The van der Waals surface area contributed by atoms with Gasteiger partial charge in [-0.2, -0.15) is 0 Å². The number of rotatable bonds is 9. The monoisotopic (exact) mass is 535 g/mol. The highest BCUT2D eigenvalue weighted by molar-refractivity contribution is 9.10. The second-order valence-corrected chi connectivity index (χ2v) is 8.29. The van der Waals surface area contributed by atoms with Crippen LogP contribution >= 0.6 is 28.3 Å². The van der Waals surface area contributed by atoms with Crippen LogP contribution in [0.25, 0.3) is 0 Å². The number of ether oxygens (including phenoxy) is 4. The highest BCUT2D eigenvalue weighted by Crippen LogP contribution is 2.38. The Hall–Kier alpha value is -2.45. The number of benzene rings is 3. The third kappa shape index (κ3) is 6.54. The summed E-state index contributed by atoms with van der Waals surface area (Å²) in [5, 5.41) is 13.6. The molecule has 1 unspecified atom stereocenters. The fraction of sp³-hybridized carbons (Fsp3) is 0.280. The second-order valence-electron chi connectivity index (χ2n) is 7.43. The zero-order valence-electron chi connectivity index (χ0n) is 18.3. The fourth-order valence-corrected chi connectivity index (χ4v) is 4.10. The number of nitrogens with one attached hydrogen (secondary N) is 1. The fourth-order valence-electron chi connectivity index (χ4n) is 3.49. The van der Waals surface area contributed by atoms with Crippen LogP contribution in [0, 0.1) is 0 Å². The van der Waals surface area contributed by atoms with Crippen LogP contribution in [0.1, 0.15) is 22.8 Å². The first kappa shape index (κ1) is 25.2. The van der Waals surface area contributed by atoms with Gasteiger partial charge < -0.3 is 29.4 Å². The highest BCUT2D eigenvalue weighted by atomic mass is 79.9. The molecule has 0 spiro atoms. The Morgan fingerprint density at radius 1 is 1.00 bits per heavy atom. The van der Waals surface area contributed by atoms with Gasteiger partial charge in [-0.15, -0.1) is 12.4 Å². The van der Waals surface area contributed by atoms with Crippen LogP contribution in [0.2, 0.25) is 0 Å². The van der Waals surface area contributed by atoms with Gasteiger partial charge >= 0.3 is 0 Å². The smallest absolute Gasteiger partial charge is 0.175 e. The predicted molar refractivity (Wildman–Crippen MR) is 133 cm³/mol. The van der Waals surface area contributed by atoms with Gasteiger partial charge in [-0.1, -0.05) is 36.4 Å². The van der Waals surface area contributed by atoms with Crippen molar-refractivity contribution in [2.45, 2.75) is 19.3 Å². The lowest BCUT2D eigenvalue weighted by Gasteiger charge is -2.19. The van der Waals surface area contributed by atoms with E-state index in [0.717, 1.165) is 32.7 Å². The lowest BCUT2D eigenvalue weighted by atomic mass is 10.1. The van der Waals surface area contributed by atoms with Gasteiger partial charge in [0.25, 0.3) is 0 Å². The number of hydrogen-bond donors (Lipinski definition) is 2. The molecule has 0 bridgehead atoms. The van der Waals surface area contributed by atoms with E-state index in [1.165, 1.54) is 0 Å². The maximum Gasteiger partial charge on any atom is 0.175 e. The first-order valence-electron chi connectivity index (χ1n) is 10.5. The van der Waals surface area contributed by atoms with Gasteiger partial charge in [0.05, 0.1) is 17.7 Å². The van der Waals surface area contributed by atoms with Crippen molar-refractivity contribution < 1.29 is 24.1 Å². The van der Waals surface area contributed by atoms with E-state index in [9.17, 15) is 5.11 Å². The summed E-state index contributed by atoms with van der Waals surface area (Å²) >= 11 is 3.60. The Morgan fingerprint density at radius 3 is 2.52 bits per heavy atom.